The van der Waals surface area contributed by atoms with Gasteiger partial charge in [0.2, 0.25) is 0 Å². The van der Waals surface area contributed by atoms with Crippen molar-refractivity contribution in [1.82, 2.24) is 9.88 Å². The Morgan fingerprint density at radius 3 is 2.75 bits per heavy atom. The number of ether oxygens (including phenoxy) is 1. The summed E-state index contributed by atoms with van der Waals surface area (Å²) in [6.45, 7) is 3.68. The molecule has 24 heavy (non-hydrogen) atoms. The Bertz CT molecular complexity index is 867. The Kier molecular flexibility index (Phi) is 4.44. The van der Waals surface area contributed by atoms with Crippen molar-refractivity contribution in [2.24, 2.45) is 0 Å². The number of hydrogen-bond donors (Lipinski definition) is 1. The van der Waals surface area contributed by atoms with Crippen LogP contribution in [0.1, 0.15) is 19.4 Å². The Balaban J connectivity index is 1.98. The molecule has 0 unspecified atom stereocenters. The van der Waals surface area contributed by atoms with Crippen LogP contribution < -0.4 is 5.32 Å². The van der Waals surface area contributed by atoms with Crippen LogP contribution in [0.3, 0.4) is 0 Å². The van der Waals surface area contributed by atoms with Crippen molar-refractivity contribution in [2.75, 3.05) is 0 Å². The van der Waals surface area contributed by atoms with Gasteiger partial charge in [-0.15, -0.1) is 0 Å². The Hall–Kier alpha value is -2.54. The molecule has 1 N–H and O–H groups in total. The van der Waals surface area contributed by atoms with Crippen molar-refractivity contribution in [1.29, 1.82) is 0 Å². The molecule has 6 nitrogen and oxygen atoms in total. The molecule has 124 valence electrons. The third kappa shape index (κ3) is 3.35. The van der Waals surface area contributed by atoms with Gasteiger partial charge >= 0.3 is 5.97 Å². The highest BCUT2D eigenvalue weighted by Gasteiger charge is 2.25. The highest BCUT2D eigenvalue weighted by atomic mass is 32.2. The molecule has 2 amide bonds. The molecule has 0 aliphatic carbocycles. The average molecular weight is 344 g/mol. The van der Waals surface area contributed by atoms with Gasteiger partial charge in [0.25, 0.3) is 11.1 Å². The summed E-state index contributed by atoms with van der Waals surface area (Å²) in [5.74, 6) is -0.728. The monoisotopic (exact) mass is 344 g/mol. The van der Waals surface area contributed by atoms with Gasteiger partial charge in [-0.05, 0) is 37.8 Å². The molecule has 1 fully saturated rings. The number of fused-ring (bicyclic) bond motifs is 1. The summed E-state index contributed by atoms with van der Waals surface area (Å²) < 4.78 is 6.97. The number of nitrogens with zero attached hydrogens (tertiary/aromatic N) is 1. The number of imide groups is 1. The summed E-state index contributed by atoms with van der Waals surface area (Å²) in [4.78, 5) is 35.3. The van der Waals surface area contributed by atoms with Crippen LogP contribution in [0, 0.1) is 0 Å². The molecule has 0 bridgehead atoms. The van der Waals surface area contributed by atoms with Gasteiger partial charge in [-0.2, -0.15) is 0 Å². The van der Waals surface area contributed by atoms with Gasteiger partial charge in [-0.1, -0.05) is 18.2 Å². The number of carbonyl (C=O) groups is 3. The standard InChI is InChI=1S/C17H16N2O4S/c1-10(2)23-15(20)9-19-8-11(12-5-3-4-6-13(12)19)7-14-16(21)18-17(22)24-14/h3-8,10H,9H2,1-2H3,(H,18,21,22)/b14-7-. The van der Waals surface area contributed by atoms with Crippen molar-refractivity contribution < 1.29 is 19.1 Å². The summed E-state index contributed by atoms with van der Waals surface area (Å²) in [5, 5.41) is 2.75. The largest absolute Gasteiger partial charge is 0.462 e. The van der Waals surface area contributed by atoms with Crippen LogP contribution in [0.2, 0.25) is 0 Å². The number of nitrogens with one attached hydrogen (secondary N) is 1. The molecule has 0 saturated carbocycles. The van der Waals surface area contributed by atoms with E-state index >= 15 is 0 Å². The number of benzene rings is 1. The van der Waals surface area contributed by atoms with E-state index in [4.69, 9.17) is 4.74 Å². The molecular weight excluding hydrogens is 328 g/mol. The first-order chi connectivity index (χ1) is 11.4. The third-order valence-electron chi connectivity index (χ3n) is 3.41. The first kappa shape index (κ1) is 16.3. The number of carbonyl (C=O) groups excluding carboxylic acids is 3. The van der Waals surface area contributed by atoms with Gasteiger partial charge in [0.05, 0.1) is 11.0 Å². The predicted molar refractivity (Wildman–Crippen MR) is 92.3 cm³/mol. The van der Waals surface area contributed by atoms with E-state index in [0.29, 0.717) is 4.91 Å². The number of esters is 1. The molecule has 0 atom stereocenters. The molecule has 1 aromatic heterocycles. The minimum absolute atomic E-state index is 0.0835. The Morgan fingerprint density at radius 2 is 2.08 bits per heavy atom. The highest BCUT2D eigenvalue weighted by molar-refractivity contribution is 8.18. The number of amides is 2. The fraction of sp³-hybridized carbons (Fsp3) is 0.235. The number of para-hydroxylation sites is 1. The van der Waals surface area contributed by atoms with E-state index in [0.717, 1.165) is 28.2 Å². The van der Waals surface area contributed by atoms with Crippen molar-refractivity contribution in [3.63, 3.8) is 0 Å². The van der Waals surface area contributed by atoms with Crippen LogP contribution in [-0.4, -0.2) is 27.8 Å². The van der Waals surface area contributed by atoms with E-state index in [1.807, 2.05) is 24.3 Å². The zero-order valence-electron chi connectivity index (χ0n) is 13.2. The molecule has 2 heterocycles. The second-order valence-corrected chi connectivity index (χ2v) is 6.64. The summed E-state index contributed by atoms with van der Waals surface area (Å²) in [6, 6.07) is 7.57. The van der Waals surface area contributed by atoms with Crippen LogP contribution in [0.25, 0.3) is 17.0 Å². The SMILES string of the molecule is CC(C)OC(=O)Cn1cc(/C=C2\SC(=O)NC2=O)c2ccccc21. The van der Waals surface area contributed by atoms with Gasteiger partial charge in [-0.25, -0.2) is 0 Å². The van der Waals surface area contributed by atoms with E-state index in [9.17, 15) is 14.4 Å². The zero-order valence-corrected chi connectivity index (χ0v) is 14.1. The van der Waals surface area contributed by atoms with Gasteiger partial charge < -0.3 is 9.30 Å². The lowest BCUT2D eigenvalue weighted by atomic mass is 10.1. The quantitative estimate of drug-likeness (QED) is 0.682. The van der Waals surface area contributed by atoms with Crippen molar-refractivity contribution >= 4 is 45.9 Å². The number of aromatic nitrogens is 1. The van der Waals surface area contributed by atoms with E-state index in [-0.39, 0.29) is 23.9 Å². The Labute approximate surface area is 142 Å². The minimum Gasteiger partial charge on any atom is -0.462 e. The highest BCUT2D eigenvalue weighted by Crippen LogP contribution is 2.29. The molecule has 0 radical (unpaired) electrons. The number of hydrogen-bond acceptors (Lipinski definition) is 5. The summed E-state index contributed by atoms with van der Waals surface area (Å²) >= 11 is 0.869. The zero-order chi connectivity index (χ0) is 17.3. The van der Waals surface area contributed by atoms with Crippen LogP contribution >= 0.6 is 11.8 Å². The van der Waals surface area contributed by atoms with E-state index in [1.54, 1.807) is 30.7 Å². The lowest BCUT2D eigenvalue weighted by Gasteiger charge is -2.09. The lowest BCUT2D eigenvalue weighted by Crippen LogP contribution is -2.17. The predicted octanol–water partition coefficient (Wildman–Crippen LogP) is 2.92. The van der Waals surface area contributed by atoms with E-state index in [1.165, 1.54) is 0 Å². The van der Waals surface area contributed by atoms with E-state index < -0.39 is 5.91 Å². The van der Waals surface area contributed by atoms with Gasteiger partial charge in [0.1, 0.15) is 6.54 Å². The van der Waals surface area contributed by atoms with Crippen molar-refractivity contribution in [3.05, 3.63) is 40.9 Å². The molecule has 1 aliphatic rings. The van der Waals surface area contributed by atoms with Gasteiger partial charge in [0.15, 0.2) is 0 Å². The molecule has 7 heteroatoms. The third-order valence-corrected chi connectivity index (χ3v) is 4.23. The second-order valence-electron chi connectivity index (χ2n) is 5.62. The fourth-order valence-corrected chi connectivity index (χ4v) is 3.20. The second kappa shape index (κ2) is 6.52. The molecule has 0 spiro atoms. The van der Waals surface area contributed by atoms with Crippen LogP contribution in [0.5, 0.6) is 0 Å². The van der Waals surface area contributed by atoms with Crippen LogP contribution in [-0.2, 0) is 20.9 Å². The number of thioether (sulfide) groups is 1. The van der Waals surface area contributed by atoms with E-state index in [2.05, 4.69) is 5.32 Å². The average Bonchev–Trinajstić information content (AvgIpc) is 3.00. The first-order valence-electron chi connectivity index (χ1n) is 7.46. The smallest absolute Gasteiger partial charge is 0.326 e. The normalized spacial score (nSPS) is 16.2. The van der Waals surface area contributed by atoms with Crippen molar-refractivity contribution in [2.45, 2.75) is 26.5 Å². The molecule has 1 aromatic carbocycles. The molecule has 3 rings (SSSR count). The minimum atomic E-state index is -0.402. The molecule has 1 saturated heterocycles. The first-order valence-corrected chi connectivity index (χ1v) is 8.28. The summed E-state index contributed by atoms with van der Waals surface area (Å²) in [7, 11) is 0. The summed E-state index contributed by atoms with van der Waals surface area (Å²) in [6.07, 6.45) is 3.28. The van der Waals surface area contributed by atoms with Gasteiger partial charge in [0, 0.05) is 22.7 Å². The van der Waals surface area contributed by atoms with Crippen LogP contribution in [0.4, 0.5) is 4.79 Å². The van der Waals surface area contributed by atoms with Crippen molar-refractivity contribution in [3.8, 4) is 0 Å². The maximum absolute atomic E-state index is 11.9. The van der Waals surface area contributed by atoms with Crippen LogP contribution in [0.15, 0.2) is 35.4 Å². The number of rotatable bonds is 4. The lowest BCUT2D eigenvalue weighted by molar-refractivity contribution is -0.148. The topological polar surface area (TPSA) is 77.4 Å². The molecule has 2 aromatic rings. The molecule has 1 aliphatic heterocycles. The van der Waals surface area contributed by atoms with Gasteiger partial charge in [-0.3, -0.25) is 19.7 Å². The summed E-state index contributed by atoms with van der Waals surface area (Å²) in [5.41, 5.74) is 1.63. The maximum atomic E-state index is 11.9. The fourth-order valence-electron chi connectivity index (χ4n) is 2.52. The Morgan fingerprint density at radius 1 is 1.33 bits per heavy atom. The maximum Gasteiger partial charge on any atom is 0.326 e. The molecular formula is C17H16N2O4S.